The zero-order valence-corrected chi connectivity index (χ0v) is 13.8. The third-order valence-electron chi connectivity index (χ3n) is 3.41. The summed E-state index contributed by atoms with van der Waals surface area (Å²) in [6, 6.07) is 11.8. The Morgan fingerprint density at radius 2 is 1.72 bits per heavy atom. The van der Waals surface area contributed by atoms with Gasteiger partial charge in [-0.15, -0.1) is 10.1 Å². The lowest BCUT2D eigenvalue weighted by Gasteiger charge is -2.06. The molecule has 0 aliphatic heterocycles. The Bertz CT molecular complexity index is 771. The van der Waals surface area contributed by atoms with E-state index in [0.29, 0.717) is 6.61 Å². The van der Waals surface area contributed by atoms with Gasteiger partial charge >= 0.3 is 5.97 Å². The van der Waals surface area contributed by atoms with E-state index in [-0.39, 0.29) is 25.6 Å². The third kappa shape index (κ3) is 6.23. The van der Waals surface area contributed by atoms with Crippen molar-refractivity contribution in [3.8, 4) is 0 Å². The van der Waals surface area contributed by atoms with Gasteiger partial charge in [0, 0.05) is 7.11 Å². The van der Waals surface area contributed by atoms with E-state index in [2.05, 4.69) is 10.9 Å². The second kappa shape index (κ2) is 9.39. The van der Waals surface area contributed by atoms with Crippen LogP contribution in [0.15, 0.2) is 48.6 Å². The van der Waals surface area contributed by atoms with Crippen LogP contribution in [-0.4, -0.2) is 31.4 Å². The van der Waals surface area contributed by atoms with Crippen LogP contribution in [0.3, 0.4) is 0 Å². The molecule has 0 unspecified atom stereocenters. The molecule has 0 aliphatic rings. The van der Waals surface area contributed by atoms with E-state index in [0.717, 1.165) is 21.9 Å². The fraction of sp³-hybridized carbons (Fsp3) is 0.278. The van der Waals surface area contributed by atoms with Crippen LogP contribution in [0.2, 0.25) is 0 Å². The van der Waals surface area contributed by atoms with Gasteiger partial charge in [-0.2, -0.15) is 0 Å². The minimum atomic E-state index is -0.881. The highest BCUT2D eigenvalue weighted by atomic mass is 16.9. The van der Waals surface area contributed by atoms with E-state index in [4.69, 9.17) is 9.47 Å². The molecule has 0 amide bonds. The van der Waals surface area contributed by atoms with Crippen LogP contribution in [0.5, 0.6) is 0 Å². The highest BCUT2D eigenvalue weighted by Gasteiger charge is 2.05. The molecule has 2 rings (SSSR count). The summed E-state index contributed by atoms with van der Waals surface area (Å²) in [5, 5.41) is 11.2. The number of hydrogen-bond donors (Lipinski definition) is 0. The van der Waals surface area contributed by atoms with Gasteiger partial charge in [-0.05, 0) is 34.0 Å². The third-order valence-corrected chi connectivity index (χ3v) is 3.41. The minimum absolute atomic E-state index is 0.0495. The van der Waals surface area contributed by atoms with E-state index < -0.39 is 5.09 Å². The highest BCUT2D eigenvalue weighted by Crippen LogP contribution is 2.19. The van der Waals surface area contributed by atoms with E-state index >= 15 is 0 Å². The second-order valence-corrected chi connectivity index (χ2v) is 5.30. The Hall–Kier alpha value is -2.93. The van der Waals surface area contributed by atoms with Crippen molar-refractivity contribution in [3.05, 3.63) is 69.8 Å². The zero-order chi connectivity index (χ0) is 18.1. The number of esters is 1. The molecule has 0 aromatic heterocycles. The number of carbonyl (C=O) groups is 1. The molecular weight excluding hydrogens is 326 g/mol. The highest BCUT2D eigenvalue weighted by molar-refractivity contribution is 5.85. The monoisotopic (exact) mass is 345 g/mol. The van der Waals surface area contributed by atoms with Crippen LogP contribution in [0.1, 0.15) is 11.1 Å². The molecule has 0 aliphatic carbocycles. The van der Waals surface area contributed by atoms with Crippen LogP contribution >= 0.6 is 0 Å². The van der Waals surface area contributed by atoms with Gasteiger partial charge in [0.15, 0.2) is 0 Å². The van der Waals surface area contributed by atoms with Crippen LogP contribution < -0.4 is 0 Å². The molecular formula is C18H19NO6. The maximum atomic E-state index is 11.8. The van der Waals surface area contributed by atoms with Crippen molar-refractivity contribution in [1.29, 1.82) is 0 Å². The van der Waals surface area contributed by atoms with E-state index in [9.17, 15) is 14.9 Å². The fourth-order valence-electron chi connectivity index (χ4n) is 2.31. The molecule has 0 heterocycles. The van der Waals surface area contributed by atoms with Crippen molar-refractivity contribution in [2.75, 3.05) is 20.3 Å². The summed E-state index contributed by atoms with van der Waals surface area (Å²) in [7, 11) is 1.66. The number of ether oxygens (including phenoxy) is 2. The molecule has 7 nitrogen and oxygen atoms in total. The Morgan fingerprint density at radius 1 is 1.08 bits per heavy atom. The predicted molar refractivity (Wildman–Crippen MR) is 91.4 cm³/mol. The predicted octanol–water partition coefficient (Wildman–Crippen LogP) is 2.84. The van der Waals surface area contributed by atoms with Crippen molar-refractivity contribution in [1.82, 2.24) is 0 Å². The molecule has 0 N–H and O–H groups in total. The molecule has 0 radical (unpaired) electrons. The van der Waals surface area contributed by atoms with Gasteiger partial charge in [0.2, 0.25) is 0 Å². The SMILES string of the molecule is COCc1ccc2cc(CC(=O)OCC=CCO[N+](=O)[O-])ccc2c1. The summed E-state index contributed by atoms with van der Waals surface area (Å²) < 4.78 is 10.2. The van der Waals surface area contributed by atoms with Gasteiger partial charge in [-0.25, -0.2) is 0 Å². The first-order valence-corrected chi connectivity index (χ1v) is 7.67. The topological polar surface area (TPSA) is 87.9 Å². The average molecular weight is 345 g/mol. The standard InChI is InChI=1S/C18H19NO6/c1-23-13-15-5-7-16-10-14(4-6-17(16)11-15)12-18(20)24-8-2-3-9-25-19(21)22/h2-7,10-11H,8-9,12-13H2,1H3. The normalized spacial score (nSPS) is 10.9. The van der Waals surface area contributed by atoms with Crippen molar-refractivity contribution in [2.45, 2.75) is 13.0 Å². The van der Waals surface area contributed by atoms with Gasteiger partial charge in [0.25, 0.3) is 5.09 Å². The molecule has 0 saturated heterocycles. The second-order valence-electron chi connectivity index (χ2n) is 5.30. The summed E-state index contributed by atoms with van der Waals surface area (Å²) in [5.74, 6) is -0.366. The van der Waals surface area contributed by atoms with Crippen molar-refractivity contribution >= 4 is 16.7 Å². The Kier molecular flexibility index (Phi) is 6.91. The first kappa shape index (κ1) is 18.4. The van der Waals surface area contributed by atoms with E-state index in [1.807, 2.05) is 30.3 Å². The molecule has 0 spiro atoms. The lowest BCUT2D eigenvalue weighted by Crippen LogP contribution is -2.08. The molecule has 132 valence electrons. The van der Waals surface area contributed by atoms with Crippen molar-refractivity contribution in [3.63, 3.8) is 0 Å². The summed E-state index contributed by atoms with van der Waals surface area (Å²) in [6.07, 6.45) is 3.08. The number of benzene rings is 2. The lowest BCUT2D eigenvalue weighted by molar-refractivity contribution is -0.755. The van der Waals surface area contributed by atoms with Gasteiger partial charge in [0.1, 0.15) is 13.2 Å². The first-order chi connectivity index (χ1) is 12.1. The van der Waals surface area contributed by atoms with Gasteiger partial charge in [-0.3, -0.25) is 4.79 Å². The molecule has 7 heteroatoms. The van der Waals surface area contributed by atoms with Crippen LogP contribution in [0.4, 0.5) is 0 Å². The molecule has 2 aromatic rings. The quantitative estimate of drug-likeness (QED) is 0.300. The van der Waals surface area contributed by atoms with Gasteiger partial charge < -0.3 is 14.3 Å². The average Bonchev–Trinajstić information content (AvgIpc) is 2.58. The fourth-order valence-corrected chi connectivity index (χ4v) is 2.31. The van der Waals surface area contributed by atoms with Crippen molar-refractivity contribution in [2.24, 2.45) is 0 Å². The van der Waals surface area contributed by atoms with E-state index in [1.165, 1.54) is 12.2 Å². The van der Waals surface area contributed by atoms with E-state index in [1.54, 1.807) is 7.11 Å². The minimum Gasteiger partial charge on any atom is -0.461 e. The number of hydrogen-bond acceptors (Lipinski definition) is 6. The number of fused-ring (bicyclic) bond motifs is 1. The van der Waals surface area contributed by atoms with Gasteiger partial charge in [0.05, 0.1) is 13.0 Å². The lowest BCUT2D eigenvalue weighted by atomic mass is 10.0. The number of nitrogens with zero attached hydrogens (tertiary/aromatic N) is 1. The molecule has 0 saturated carbocycles. The summed E-state index contributed by atoms with van der Waals surface area (Å²) in [6.45, 7) is 0.443. The molecule has 0 fully saturated rings. The first-order valence-electron chi connectivity index (χ1n) is 7.67. The number of methoxy groups -OCH3 is 1. The largest absolute Gasteiger partial charge is 0.461 e. The molecule has 25 heavy (non-hydrogen) atoms. The Balaban J connectivity index is 1.86. The maximum Gasteiger partial charge on any atom is 0.310 e. The van der Waals surface area contributed by atoms with Gasteiger partial charge in [-0.1, -0.05) is 36.4 Å². The zero-order valence-electron chi connectivity index (χ0n) is 13.8. The molecule has 0 bridgehead atoms. The number of carbonyl (C=O) groups excluding carboxylic acids is 1. The summed E-state index contributed by atoms with van der Waals surface area (Å²) in [4.78, 5) is 25.9. The summed E-state index contributed by atoms with van der Waals surface area (Å²) in [5.41, 5.74) is 1.95. The Labute approximate surface area is 144 Å². The number of rotatable bonds is 9. The van der Waals surface area contributed by atoms with Crippen molar-refractivity contribution < 1.29 is 24.2 Å². The maximum absolute atomic E-state index is 11.8. The van der Waals surface area contributed by atoms with Crippen LogP contribution in [0, 0.1) is 10.1 Å². The smallest absolute Gasteiger partial charge is 0.310 e. The van der Waals surface area contributed by atoms with Crippen LogP contribution in [0.25, 0.3) is 10.8 Å². The summed E-state index contributed by atoms with van der Waals surface area (Å²) >= 11 is 0. The molecule has 0 atom stereocenters. The van der Waals surface area contributed by atoms with Crippen LogP contribution in [-0.2, 0) is 32.1 Å². The molecule has 2 aromatic carbocycles. The Morgan fingerprint density at radius 3 is 2.40 bits per heavy atom.